The number of terminal acetylenes is 1. The second-order valence-corrected chi connectivity index (χ2v) is 2.96. The van der Waals surface area contributed by atoms with Crippen molar-refractivity contribution < 1.29 is 4.74 Å². The molecule has 0 aliphatic heterocycles. The number of rotatable bonds is 7. The smallest absolute Gasteiger partial charge is 0.107 e. The minimum Gasteiger partial charge on any atom is -0.368 e. The van der Waals surface area contributed by atoms with Crippen LogP contribution in [0.15, 0.2) is 0 Å². The Morgan fingerprint density at radius 1 is 1.38 bits per heavy atom. The molecule has 4 nitrogen and oxygen atoms in total. The van der Waals surface area contributed by atoms with Gasteiger partial charge >= 0.3 is 0 Å². The maximum atomic E-state index is 5.83. The molecular weight excluding hydrogens is 166 g/mol. The van der Waals surface area contributed by atoms with E-state index in [4.69, 9.17) is 28.4 Å². The Morgan fingerprint density at radius 3 is 2.54 bits per heavy atom. The lowest BCUT2D eigenvalue weighted by molar-refractivity contribution is 0.117. The van der Waals surface area contributed by atoms with Crippen molar-refractivity contribution in [3.63, 3.8) is 0 Å². The van der Waals surface area contributed by atoms with Gasteiger partial charge in [0.05, 0.1) is 6.61 Å². The van der Waals surface area contributed by atoms with Crippen LogP contribution in [0.5, 0.6) is 0 Å². The molecule has 13 heavy (non-hydrogen) atoms. The van der Waals surface area contributed by atoms with Gasteiger partial charge in [-0.1, -0.05) is 5.92 Å². The van der Waals surface area contributed by atoms with Gasteiger partial charge in [0, 0.05) is 12.0 Å². The molecule has 0 spiro atoms. The number of nitrogens with two attached hydrogens (primary N) is 3. The summed E-state index contributed by atoms with van der Waals surface area (Å²) in [5.41, 5.74) is 16.7. The molecule has 0 saturated carbocycles. The van der Waals surface area contributed by atoms with Crippen LogP contribution in [-0.4, -0.2) is 32.3 Å². The first-order valence-electron chi connectivity index (χ1n) is 4.43. The van der Waals surface area contributed by atoms with E-state index in [1.165, 1.54) is 0 Å². The summed E-state index contributed by atoms with van der Waals surface area (Å²) in [7, 11) is 0. The van der Waals surface area contributed by atoms with Gasteiger partial charge in [-0.25, -0.2) is 0 Å². The molecule has 0 heterocycles. The van der Waals surface area contributed by atoms with E-state index in [0.29, 0.717) is 26.3 Å². The topological polar surface area (TPSA) is 87.3 Å². The van der Waals surface area contributed by atoms with Crippen molar-refractivity contribution in [3.8, 4) is 12.3 Å². The van der Waals surface area contributed by atoms with Crippen LogP contribution >= 0.6 is 0 Å². The van der Waals surface area contributed by atoms with E-state index in [1.54, 1.807) is 0 Å². The van der Waals surface area contributed by atoms with Crippen molar-refractivity contribution in [1.29, 1.82) is 0 Å². The van der Waals surface area contributed by atoms with E-state index in [2.05, 4.69) is 5.92 Å². The molecule has 76 valence electrons. The van der Waals surface area contributed by atoms with Crippen molar-refractivity contribution in [3.05, 3.63) is 0 Å². The fraction of sp³-hybridized carbons (Fsp3) is 0.778. The summed E-state index contributed by atoms with van der Waals surface area (Å²) in [6.07, 6.45) is 5.80. The lowest BCUT2D eigenvalue weighted by Gasteiger charge is -2.21. The first-order chi connectivity index (χ1) is 6.26. The predicted molar refractivity (Wildman–Crippen MR) is 53.8 cm³/mol. The van der Waals surface area contributed by atoms with E-state index >= 15 is 0 Å². The van der Waals surface area contributed by atoms with Crippen molar-refractivity contribution in [2.45, 2.75) is 12.5 Å². The molecule has 0 bridgehead atoms. The normalized spacial score (nSPS) is 14.9. The summed E-state index contributed by atoms with van der Waals surface area (Å²) < 4.78 is 5.17. The monoisotopic (exact) mass is 185 g/mol. The highest BCUT2D eigenvalue weighted by Gasteiger charge is 2.15. The Balaban J connectivity index is 3.67. The van der Waals surface area contributed by atoms with Crippen LogP contribution in [0, 0.1) is 18.3 Å². The third-order valence-electron chi connectivity index (χ3n) is 1.93. The van der Waals surface area contributed by atoms with Crippen molar-refractivity contribution in [1.82, 2.24) is 0 Å². The molecule has 0 fully saturated rings. The van der Waals surface area contributed by atoms with E-state index in [0.717, 1.165) is 6.42 Å². The predicted octanol–water partition coefficient (Wildman–Crippen LogP) is -1.11. The highest BCUT2D eigenvalue weighted by atomic mass is 16.5. The molecule has 0 saturated heterocycles. The van der Waals surface area contributed by atoms with Gasteiger partial charge in [0.25, 0.3) is 0 Å². The maximum Gasteiger partial charge on any atom is 0.107 e. The van der Waals surface area contributed by atoms with Gasteiger partial charge in [-0.3, -0.25) is 0 Å². The summed E-state index contributed by atoms with van der Waals surface area (Å²) in [6.45, 7) is 1.91. The van der Waals surface area contributed by atoms with Crippen LogP contribution in [0.2, 0.25) is 0 Å². The summed E-state index contributed by atoms with van der Waals surface area (Å²) in [5, 5.41) is 0. The van der Waals surface area contributed by atoms with Gasteiger partial charge in [0.1, 0.15) is 6.61 Å². The summed E-state index contributed by atoms with van der Waals surface area (Å²) in [4.78, 5) is 0. The standard InChI is InChI=1S/C9H19N3O/c1-2-5-13-7-8(6-11)9(12)3-4-10/h1,8-9H,3-7,10-12H2. The number of hydrogen-bond acceptors (Lipinski definition) is 4. The van der Waals surface area contributed by atoms with Gasteiger partial charge < -0.3 is 21.9 Å². The average Bonchev–Trinajstić information content (AvgIpc) is 2.13. The lowest BCUT2D eigenvalue weighted by atomic mass is 9.99. The lowest BCUT2D eigenvalue weighted by Crippen LogP contribution is -2.39. The van der Waals surface area contributed by atoms with Crippen molar-refractivity contribution >= 4 is 0 Å². The molecule has 0 aliphatic rings. The summed E-state index contributed by atoms with van der Waals surface area (Å²) >= 11 is 0. The van der Waals surface area contributed by atoms with Gasteiger partial charge in [-0.2, -0.15) is 0 Å². The highest BCUT2D eigenvalue weighted by molar-refractivity contribution is 4.83. The number of ether oxygens (including phenoxy) is 1. The second kappa shape index (κ2) is 8.02. The molecule has 0 radical (unpaired) electrons. The van der Waals surface area contributed by atoms with Crippen LogP contribution in [-0.2, 0) is 4.74 Å². The first-order valence-corrected chi connectivity index (χ1v) is 4.43. The molecule has 0 aliphatic carbocycles. The van der Waals surface area contributed by atoms with Crippen LogP contribution in [0.1, 0.15) is 6.42 Å². The molecule has 0 rings (SSSR count). The Kier molecular flexibility index (Phi) is 7.65. The van der Waals surface area contributed by atoms with Crippen molar-refractivity contribution in [2.75, 3.05) is 26.3 Å². The van der Waals surface area contributed by atoms with Gasteiger partial charge in [0.2, 0.25) is 0 Å². The third-order valence-corrected chi connectivity index (χ3v) is 1.93. The largest absolute Gasteiger partial charge is 0.368 e. The van der Waals surface area contributed by atoms with E-state index in [-0.39, 0.29) is 12.0 Å². The van der Waals surface area contributed by atoms with E-state index in [1.807, 2.05) is 0 Å². The molecule has 2 atom stereocenters. The molecule has 0 aromatic heterocycles. The Morgan fingerprint density at radius 2 is 2.08 bits per heavy atom. The Bertz CT molecular complexity index is 155. The van der Waals surface area contributed by atoms with Gasteiger partial charge in [-0.05, 0) is 19.5 Å². The van der Waals surface area contributed by atoms with Crippen LogP contribution in [0.25, 0.3) is 0 Å². The zero-order chi connectivity index (χ0) is 10.1. The maximum absolute atomic E-state index is 5.83. The first kappa shape index (κ1) is 12.4. The fourth-order valence-electron chi connectivity index (χ4n) is 1.06. The van der Waals surface area contributed by atoms with Gasteiger partial charge in [-0.15, -0.1) is 6.42 Å². The molecular formula is C9H19N3O. The van der Waals surface area contributed by atoms with Gasteiger partial charge in [0.15, 0.2) is 0 Å². The molecule has 0 amide bonds. The minimum absolute atomic E-state index is 0.00720. The molecule has 4 heteroatoms. The minimum atomic E-state index is 0.00720. The van der Waals surface area contributed by atoms with E-state index < -0.39 is 0 Å². The quantitative estimate of drug-likeness (QED) is 0.346. The summed E-state index contributed by atoms with van der Waals surface area (Å²) in [5.74, 6) is 2.54. The fourth-order valence-corrected chi connectivity index (χ4v) is 1.06. The zero-order valence-corrected chi connectivity index (χ0v) is 7.91. The van der Waals surface area contributed by atoms with E-state index in [9.17, 15) is 0 Å². The SMILES string of the molecule is C#CCOCC(CN)C(N)CCN. The Hall–Kier alpha value is -0.600. The van der Waals surface area contributed by atoms with Crippen LogP contribution in [0.3, 0.4) is 0 Å². The molecule has 0 aromatic rings. The molecule has 6 N–H and O–H groups in total. The third kappa shape index (κ3) is 5.61. The second-order valence-electron chi connectivity index (χ2n) is 2.96. The molecule has 2 unspecified atom stereocenters. The van der Waals surface area contributed by atoms with Crippen LogP contribution < -0.4 is 17.2 Å². The van der Waals surface area contributed by atoms with Crippen molar-refractivity contribution in [2.24, 2.45) is 23.1 Å². The molecule has 0 aromatic carbocycles. The highest BCUT2D eigenvalue weighted by Crippen LogP contribution is 2.03. The Labute approximate surface area is 79.8 Å². The van der Waals surface area contributed by atoms with Crippen LogP contribution in [0.4, 0.5) is 0 Å². The zero-order valence-electron chi connectivity index (χ0n) is 7.91. The summed E-state index contributed by atoms with van der Waals surface area (Å²) in [6, 6.07) is 0.00720. The number of hydrogen-bond donors (Lipinski definition) is 3. The average molecular weight is 185 g/mol.